The van der Waals surface area contributed by atoms with Crippen LogP contribution >= 0.6 is 0 Å². The van der Waals surface area contributed by atoms with Gasteiger partial charge in [-0.25, -0.2) is 0 Å². The second-order valence-corrected chi connectivity index (χ2v) is 12.5. The summed E-state index contributed by atoms with van der Waals surface area (Å²) in [7, 11) is 0. The molecule has 2 aliphatic heterocycles. The fourth-order valence-corrected chi connectivity index (χ4v) is 8.57. The predicted octanol–water partition coefficient (Wildman–Crippen LogP) is 9.31. The number of anilines is 3. The Morgan fingerprint density at radius 2 is 1.04 bits per heavy atom. The average Bonchev–Trinajstić information content (AvgIpc) is 3.64. The smallest absolute Gasteiger partial charge is 0.333 e. The molecule has 2 aliphatic rings. The van der Waals surface area contributed by atoms with Gasteiger partial charge in [-0.1, -0.05) is 109 Å². The minimum absolute atomic E-state index is 0.0469. The lowest BCUT2D eigenvalue weighted by Gasteiger charge is -2.40. The third-order valence-electron chi connectivity index (χ3n) is 10.3. The summed E-state index contributed by atoms with van der Waals surface area (Å²) in [5.74, 6) is 0. The van der Waals surface area contributed by atoms with Gasteiger partial charge in [0, 0.05) is 55.2 Å². The second-order valence-electron chi connectivity index (χ2n) is 12.5. The molecular formula is C42H26BN3. The predicted molar refractivity (Wildman–Crippen MR) is 194 cm³/mol. The highest BCUT2D eigenvalue weighted by Crippen LogP contribution is 2.47. The molecule has 212 valence electrons. The van der Waals surface area contributed by atoms with Gasteiger partial charge in [0.15, 0.2) is 0 Å². The Balaban J connectivity index is 1.32. The van der Waals surface area contributed by atoms with E-state index in [2.05, 4.69) is 172 Å². The van der Waals surface area contributed by atoms with Crippen LogP contribution in [0.2, 0.25) is 0 Å². The topological polar surface area (TPSA) is 13.1 Å². The number of benzene rings is 7. The van der Waals surface area contributed by atoms with Crippen LogP contribution in [0.1, 0.15) is 0 Å². The molecule has 0 radical (unpaired) electrons. The molecule has 4 heteroatoms. The summed E-state index contributed by atoms with van der Waals surface area (Å²) in [5.41, 5.74) is 15.2. The van der Waals surface area contributed by atoms with Crippen molar-refractivity contribution in [3.8, 4) is 16.8 Å². The van der Waals surface area contributed by atoms with E-state index < -0.39 is 0 Å². The first-order valence-corrected chi connectivity index (χ1v) is 16.0. The molecule has 4 heterocycles. The maximum absolute atomic E-state index is 2.64. The number of rotatable bonds is 2. The molecule has 0 saturated carbocycles. The van der Waals surface area contributed by atoms with Gasteiger partial charge in [-0.05, 0) is 65.0 Å². The number of hydrogen-bond donors (Lipinski definition) is 0. The molecule has 0 N–H and O–H groups in total. The zero-order valence-corrected chi connectivity index (χ0v) is 24.9. The van der Waals surface area contributed by atoms with Crippen molar-refractivity contribution < 1.29 is 0 Å². The minimum atomic E-state index is 0.0469. The summed E-state index contributed by atoms with van der Waals surface area (Å²) in [5, 5.41) is 5.15. The molecule has 0 spiro atoms. The van der Waals surface area contributed by atoms with Crippen LogP contribution < -0.4 is 15.8 Å². The van der Waals surface area contributed by atoms with Gasteiger partial charge < -0.3 is 13.9 Å². The molecule has 0 unspecified atom stereocenters. The number of hydrogen-bond acceptors (Lipinski definition) is 1. The zero-order chi connectivity index (χ0) is 29.9. The Morgan fingerprint density at radius 1 is 0.413 bits per heavy atom. The maximum atomic E-state index is 2.64. The Bertz CT molecular complexity index is 2660. The van der Waals surface area contributed by atoms with Crippen molar-refractivity contribution in [1.29, 1.82) is 0 Å². The van der Waals surface area contributed by atoms with Crippen molar-refractivity contribution in [2.45, 2.75) is 0 Å². The van der Waals surface area contributed by atoms with E-state index in [0.29, 0.717) is 0 Å². The van der Waals surface area contributed by atoms with Gasteiger partial charge in [0.25, 0.3) is 0 Å². The fraction of sp³-hybridized carbons (Fsp3) is 0. The molecule has 0 bridgehead atoms. The standard InChI is InChI=1S/C42H26BN3/c1-2-13-27(14-3-1)44-37-23-11-7-19-33(37)43-41-30(18-12-24-39(41)44)31-25-26-38(40-32-17-6-10-22-36(32)46(43)42(31)40)45-34-20-8-4-15-28(34)29-16-5-9-21-35(29)45/h1-26H. The van der Waals surface area contributed by atoms with E-state index in [1.54, 1.807) is 0 Å². The molecule has 0 atom stereocenters. The van der Waals surface area contributed by atoms with E-state index >= 15 is 0 Å². The van der Waals surface area contributed by atoms with E-state index in [0.717, 1.165) is 0 Å². The average molecular weight is 584 g/mol. The second kappa shape index (κ2) is 8.80. The van der Waals surface area contributed by atoms with E-state index in [9.17, 15) is 0 Å². The van der Waals surface area contributed by atoms with Crippen LogP contribution in [0.3, 0.4) is 0 Å². The van der Waals surface area contributed by atoms with Gasteiger partial charge in [0.05, 0.1) is 16.7 Å². The maximum Gasteiger partial charge on any atom is 0.333 e. The van der Waals surface area contributed by atoms with E-state index in [1.807, 2.05) is 0 Å². The molecule has 3 nitrogen and oxygen atoms in total. The van der Waals surface area contributed by atoms with Gasteiger partial charge in [-0.3, -0.25) is 0 Å². The Kier molecular flexibility index (Phi) is 4.66. The summed E-state index contributed by atoms with van der Waals surface area (Å²) >= 11 is 0. The normalized spacial score (nSPS) is 13.1. The van der Waals surface area contributed by atoms with Gasteiger partial charge in [0.1, 0.15) is 0 Å². The Hall–Kier alpha value is -6.00. The quantitative estimate of drug-likeness (QED) is 0.185. The lowest BCUT2D eigenvalue weighted by Crippen LogP contribution is -2.56. The van der Waals surface area contributed by atoms with Gasteiger partial charge in [-0.2, -0.15) is 0 Å². The molecule has 9 aromatic rings. The van der Waals surface area contributed by atoms with Crippen molar-refractivity contribution in [3.63, 3.8) is 0 Å². The van der Waals surface area contributed by atoms with Crippen LogP contribution in [0.4, 0.5) is 17.1 Å². The van der Waals surface area contributed by atoms with Crippen LogP contribution in [0.5, 0.6) is 0 Å². The van der Waals surface area contributed by atoms with Crippen LogP contribution in [-0.2, 0) is 0 Å². The molecule has 7 aromatic carbocycles. The first-order valence-electron chi connectivity index (χ1n) is 16.0. The lowest BCUT2D eigenvalue weighted by molar-refractivity contribution is 1.20. The Labute approximate surface area is 266 Å². The van der Waals surface area contributed by atoms with Gasteiger partial charge in [-0.15, -0.1) is 0 Å². The van der Waals surface area contributed by atoms with Crippen LogP contribution in [0, 0.1) is 0 Å². The highest BCUT2D eigenvalue weighted by molar-refractivity contribution is 6.90. The first kappa shape index (κ1) is 24.3. The molecular weight excluding hydrogens is 557 g/mol. The van der Waals surface area contributed by atoms with Crippen molar-refractivity contribution >= 4 is 78.4 Å². The molecule has 46 heavy (non-hydrogen) atoms. The van der Waals surface area contributed by atoms with Gasteiger partial charge in [0.2, 0.25) is 0 Å². The molecule has 0 fully saturated rings. The van der Waals surface area contributed by atoms with Crippen molar-refractivity contribution in [1.82, 2.24) is 9.05 Å². The summed E-state index contributed by atoms with van der Waals surface area (Å²) < 4.78 is 5.13. The highest BCUT2D eigenvalue weighted by Gasteiger charge is 2.42. The summed E-state index contributed by atoms with van der Waals surface area (Å²) in [6.45, 7) is 0.0469. The fourth-order valence-electron chi connectivity index (χ4n) is 8.57. The van der Waals surface area contributed by atoms with Crippen LogP contribution in [0.25, 0.3) is 60.4 Å². The Morgan fingerprint density at radius 3 is 1.83 bits per heavy atom. The third-order valence-corrected chi connectivity index (χ3v) is 10.3. The van der Waals surface area contributed by atoms with Crippen molar-refractivity contribution in [2.75, 3.05) is 4.90 Å². The molecule has 0 saturated heterocycles. The lowest BCUT2D eigenvalue weighted by atomic mass is 9.45. The van der Waals surface area contributed by atoms with E-state index in [-0.39, 0.29) is 6.85 Å². The number of aromatic nitrogens is 2. The zero-order valence-electron chi connectivity index (χ0n) is 24.9. The number of fused-ring (bicyclic) bond motifs is 10. The SMILES string of the molecule is c1ccc(N2c3ccccc3B3c4c(cccc42)-c2ccc(-n4c5ccccc5c5ccccc54)c4c5ccccc5n3c24)cc1. The molecule has 11 rings (SSSR count). The molecule has 2 aromatic heterocycles. The number of nitrogens with zero attached hydrogens (tertiary/aromatic N) is 3. The van der Waals surface area contributed by atoms with Crippen LogP contribution in [-0.4, -0.2) is 15.9 Å². The van der Waals surface area contributed by atoms with Crippen molar-refractivity contribution in [2.24, 2.45) is 0 Å². The molecule has 0 amide bonds. The van der Waals surface area contributed by atoms with E-state index in [4.69, 9.17) is 0 Å². The largest absolute Gasteiger partial charge is 0.375 e. The highest BCUT2D eigenvalue weighted by atomic mass is 15.2. The van der Waals surface area contributed by atoms with Gasteiger partial charge >= 0.3 is 6.85 Å². The summed E-state index contributed by atoms with van der Waals surface area (Å²) in [6.07, 6.45) is 0. The first-order chi connectivity index (χ1) is 22.9. The number of para-hydroxylation sites is 5. The summed E-state index contributed by atoms with van der Waals surface area (Å²) in [6, 6.07) is 58.0. The van der Waals surface area contributed by atoms with Crippen molar-refractivity contribution in [3.05, 3.63) is 158 Å². The monoisotopic (exact) mass is 583 g/mol. The third kappa shape index (κ3) is 2.94. The van der Waals surface area contributed by atoms with Crippen LogP contribution in [0.15, 0.2) is 158 Å². The van der Waals surface area contributed by atoms with E-state index in [1.165, 1.54) is 88.4 Å². The molecule has 0 aliphatic carbocycles. The minimum Gasteiger partial charge on any atom is -0.375 e. The summed E-state index contributed by atoms with van der Waals surface area (Å²) in [4.78, 5) is 2.45.